The van der Waals surface area contributed by atoms with E-state index in [9.17, 15) is 4.79 Å². The van der Waals surface area contributed by atoms with E-state index in [1.807, 2.05) is 18.3 Å². The molecule has 1 aromatic heterocycles. The summed E-state index contributed by atoms with van der Waals surface area (Å²) in [5.41, 5.74) is 2.56. The number of aromatic nitrogens is 2. The molecule has 0 saturated heterocycles. The average Bonchev–Trinajstić information content (AvgIpc) is 2.84. The van der Waals surface area contributed by atoms with Gasteiger partial charge in [-0.1, -0.05) is 12.1 Å². The van der Waals surface area contributed by atoms with E-state index in [0.717, 1.165) is 17.8 Å². The highest BCUT2D eigenvalue weighted by Gasteiger charge is 2.20. The van der Waals surface area contributed by atoms with Crippen molar-refractivity contribution in [3.05, 3.63) is 41.7 Å². The number of aryl methyl sites for hydroxylation is 1. The summed E-state index contributed by atoms with van der Waals surface area (Å²) in [7, 11) is 0. The number of carboxylic acids is 1. The largest absolute Gasteiger partial charge is 0.478 e. The highest BCUT2D eigenvalue weighted by Crippen LogP contribution is 2.30. The summed E-state index contributed by atoms with van der Waals surface area (Å²) in [4.78, 5) is 15.4. The highest BCUT2D eigenvalue weighted by atomic mass is 16.4. The second-order valence-electron chi connectivity index (χ2n) is 5.07. The predicted molar refractivity (Wildman–Crippen MR) is 72.3 cm³/mol. The van der Waals surface area contributed by atoms with Crippen LogP contribution in [0.5, 0.6) is 0 Å². The summed E-state index contributed by atoms with van der Waals surface area (Å²) >= 11 is 0. The molecule has 0 radical (unpaired) electrons. The summed E-state index contributed by atoms with van der Waals surface area (Å²) < 4.78 is 2.28. The SMILES string of the molecule is CC1CCCc2cnc(-c3ccc(C(=O)O)cc3)n21. The van der Waals surface area contributed by atoms with Crippen molar-refractivity contribution in [1.29, 1.82) is 0 Å². The molecule has 2 heterocycles. The third-order valence-corrected chi connectivity index (χ3v) is 3.76. The molecule has 0 spiro atoms. The Bertz CT molecular complexity index is 614. The number of carboxylic acid groups (broad SMARTS) is 1. The molecule has 1 aromatic carbocycles. The van der Waals surface area contributed by atoms with Crippen molar-refractivity contribution in [1.82, 2.24) is 9.55 Å². The number of hydrogen-bond acceptors (Lipinski definition) is 2. The smallest absolute Gasteiger partial charge is 0.335 e. The lowest BCUT2D eigenvalue weighted by atomic mass is 10.0. The molecular formula is C15H16N2O2. The maximum absolute atomic E-state index is 10.9. The lowest BCUT2D eigenvalue weighted by Crippen LogP contribution is -2.15. The molecule has 98 valence electrons. The minimum atomic E-state index is -0.898. The van der Waals surface area contributed by atoms with Crippen LogP contribution in [0.2, 0.25) is 0 Å². The van der Waals surface area contributed by atoms with Crippen molar-refractivity contribution in [2.24, 2.45) is 0 Å². The Kier molecular flexibility index (Phi) is 2.85. The summed E-state index contributed by atoms with van der Waals surface area (Å²) in [5, 5.41) is 8.92. The Morgan fingerprint density at radius 2 is 2.11 bits per heavy atom. The van der Waals surface area contributed by atoms with Gasteiger partial charge < -0.3 is 9.67 Å². The van der Waals surface area contributed by atoms with Crippen LogP contribution in [0.3, 0.4) is 0 Å². The maximum Gasteiger partial charge on any atom is 0.335 e. The summed E-state index contributed by atoms with van der Waals surface area (Å²) in [6.45, 7) is 2.21. The molecule has 1 aliphatic heterocycles. The van der Waals surface area contributed by atoms with Gasteiger partial charge in [-0.25, -0.2) is 9.78 Å². The summed E-state index contributed by atoms with van der Waals surface area (Å²) in [6.07, 6.45) is 5.40. The van der Waals surface area contributed by atoms with E-state index in [0.29, 0.717) is 11.6 Å². The number of carbonyl (C=O) groups is 1. The Hall–Kier alpha value is -2.10. The number of benzene rings is 1. The van der Waals surface area contributed by atoms with Gasteiger partial charge in [0.1, 0.15) is 5.82 Å². The van der Waals surface area contributed by atoms with Gasteiger partial charge in [0.25, 0.3) is 0 Å². The van der Waals surface area contributed by atoms with E-state index < -0.39 is 5.97 Å². The number of aromatic carboxylic acids is 1. The van der Waals surface area contributed by atoms with Gasteiger partial charge in [0.15, 0.2) is 0 Å². The van der Waals surface area contributed by atoms with Crippen LogP contribution >= 0.6 is 0 Å². The van der Waals surface area contributed by atoms with E-state index in [2.05, 4.69) is 16.5 Å². The van der Waals surface area contributed by atoms with Crippen LogP contribution in [0.15, 0.2) is 30.5 Å². The van der Waals surface area contributed by atoms with Crippen molar-refractivity contribution < 1.29 is 9.90 Å². The van der Waals surface area contributed by atoms with Crippen molar-refractivity contribution in [2.75, 3.05) is 0 Å². The first-order valence-corrected chi connectivity index (χ1v) is 6.56. The molecule has 0 bridgehead atoms. The van der Waals surface area contributed by atoms with Crippen LogP contribution in [0.25, 0.3) is 11.4 Å². The molecule has 1 unspecified atom stereocenters. The fourth-order valence-corrected chi connectivity index (χ4v) is 2.76. The highest BCUT2D eigenvalue weighted by molar-refractivity contribution is 5.88. The molecule has 1 N–H and O–H groups in total. The zero-order chi connectivity index (χ0) is 13.4. The van der Waals surface area contributed by atoms with E-state index in [1.54, 1.807) is 12.1 Å². The van der Waals surface area contributed by atoms with Gasteiger partial charge in [-0.2, -0.15) is 0 Å². The predicted octanol–water partition coefficient (Wildman–Crippen LogP) is 3.15. The fourth-order valence-electron chi connectivity index (χ4n) is 2.76. The van der Waals surface area contributed by atoms with Crippen LogP contribution in [-0.2, 0) is 6.42 Å². The Balaban J connectivity index is 2.03. The summed E-state index contributed by atoms with van der Waals surface area (Å²) in [6, 6.07) is 7.39. The lowest BCUT2D eigenvalue weighted by molar-refractivity contribution is 0.0697. The van der Waals surface area contributed by atoms with Gasteiger partial charge in [0.2, 0.25) is 0 Å². The van der Waals surface area contributed by atoms with E-state index in [4.69, 9.17) is 5.11 Å². The number of rotatable bonds is 2. The lowest BCUT2D eigenvalue weighted by Gasteiger charge is -2.24. The van der Waals surface area contributed by atoms with E-state index in [-0.39, 0.29) is 0 Å². The molecule has 0 saturated carbocycles. The van der Waals surface area contributed by atoms with Crippen LogP contribution in [-0.4, -0.2) is 20.6 Å². The van der Waals surface area contributed by atoms with Gasteiger partial charge in [-0.3, -0.25) is 0 Å². The van der Waals surface area contributed by atoms with E-state index in [1.165, 1.54) is 18.5 Å². The molecule has 3 rings (SSSR count). The molecular weight excluding hydrogens is 240 g/mol. The number of imidazole rings is 1. The Morgan fingerprint density at radius 3 is 2.79 bits per heavy atom. The van der Waals surface area contributed by atoms with Crippen LogP contribution < -0.4 is 0 Å². The molecule has 1 aliphatic rings. The Morgan fingerprint density at radius 1 is 1.37 bits per heavy atom. The van der Waals surface area contributed by atoms with Gasteiger partial charge in [0, 0.05) is 23.5 Å². The second kappa shape index (κ2) is 4.53. The maximum atomic E-state index is 10.9. The van der Waals surface area contributed by atoms with Gasteiger partial charge in [-0.05, 0) is 38.3 Å². The van der Waals surface area contributed by atoms with Crippen molar-refractivity contribution in [3.8, 4) is 11.4 Å². The minimum Gasteiger partial charge on any atom is -0.478 e. The van der Waals surface area contributed by atoms with Crippen LogP contribution in [0, 0.1) is 0 Å². The third kappa shape index (κ3) is 2.03. The zero-order valence-corrected chi connectivity index (χ0v) is 10.8. The zero-order valence-electron chi connectivity index (χ0n) is 10.8. The standard InChI is InChI=1S/C15H16N2O2/c1-10-3-2-4-13-9-16-14(17(10)13)11-5-7-12(8-6-11)15(18)19/h5-10H,2-4H2,1H3,(H,18,19). The first kappa shape index (κ1) is 12.0. The first-order valence-electron chi connectivity index (χ1n) is 6.56. The van der Waals surface area contributed by atoms with Crippen molar-refractivity contribution in [2.45, 2.75) is 32.2 Å². The third-order valence-electron chi connectivity index (χ3n) is 3.76. The fraction of sp³-hybridized carbons (Fsp3) is 0.333. The molecule has 1 atom stereocenters. The number of fused-ring (bicyclic) bond motifs is 1. The normalized spacial score (nSPS) is 18.1. The van der Waals surface area contributed by atoms with Gasteiger partial charge >= 0.3 is 5.97 Å². The molecule has 0 aliphatic carbocycles. The van der Waals surface area contributed by atoms with Gasteiger partial charge in [-0.15, -0.1) is 0 Å². The van der Waals surface area contributed by atoms with Crippen LogP contribution in [0.1, 0.15) is 41.9 Å². The van der Waals surface area contributed by atoms with Crippen molar-refractivity contribution in [3.63, 3.8) is 0 Å². The minimum absolute atomic E-state index is 0.308. The average molecular weight is 256 g/mol. The number of nitrogens with zero attached hydrogens (tertiary/aromatic N) is 2. The molecule has 0 amide bonds. The molecule has 2 aromatic rings. The topological polar surface area (TPSA) is 55.1 Å². The van der Waals surface area contributed by atoms with Crippen LogP contribution in [0.4, 0.5) is 0 Å². The first-order chi connectivity index (χ1) is 9.16. The molecule has 19 heavy (non-hydrogen) atoms. The summed E-state index contributed by atoms with van der Waals surface area (Å²) in [5.74, 6) is 0.0456. The molecule has 0 fully saturated rings. The molecule has 4 nitrogen and oxygen atoms in total. The quantitative estimate of drug-likeness (QED) is 0.898. The van der Waals surface area contributed by atoms with Gasteiger partial charge in [0.05, 0.1) is 5.56 Å². The monoisotopic (exact) mass is 256 g/mol. The Labute approximate surface area is 111 Å². The van der Waals surface area contributed by atoms with Crippen molar-refractivity contribution >= 4 is 5.97 Å². The second-order valence-corrected chi connectivity index (χ2v) is 5.07. The van der Waals surface area contributed by atoms with E-state index >= 15 is 0 Å². The number of hydrogen-bond donors (Lipinski definition) is 1. The molecule has 4 heteroatoms.